The molecule has 0 spiro atoms. The Labute approximate surface area is 221 Å². The van der Waals surface area contributed by atoms with Gasteiger partial charge in [0.1, 0.15) is 0 Å². The van der Waals surface area contributed by atoms with E-state index in [1.165, 1.54) is 83.5 Å². The highest BCUT2D eigenvalue weighted by molar-refractivity contribution is 5.08. The number of aliphatic hydroxyl groups excluding tert-OH is 6. The zero-order valence-corrected chi connectivity index (χ0v) is 23.3. The lowest BCUT2D eigenvalue weighted by Crippen LogP contribution is -2.64. The summed E-state index contributed by atoms with van der Waals surface area (Å²) in [5.41, 5.74) is -3.76. The average molecular weight is 517 g/mol. The van der Waals surface area contributed by atoms with Crippen LogP contribution < -0.4 is 0 Å². The Bertz CT molecular complexity index is 460. The van der Waals surface area contributed by atoms with Gasteiger partial charge in [-0.15, -0.1) is 0 Å². The van der Waals surface area contributed by atoms with Gasteiger partial charge in [-0.1, -0.05) is 122 Å². The van der Waals surface area contributed by atoms with E-state index in [1.54, 1.807) is 0 Å². The van der Waals surface area contributed by atoms with Crippen molar-refractivity contribution < 1.29 is 30.6 Å². The summed E-state index contributed by atoms with van der Waals surface area (Å²) in [6, 6.07) is 0. The molecule has 1 rings (SSSR count). The van der Waals surface area contributed by atoms with Crippen LogP contribution in [0.2, 0.25) is 0 Å². The predicted octanol–water partition coefficient (Wildman–Crippen LogP) is 5.11. The summed E-state index contributed by atoms with van der Waals surface area (Å²) in [5, 5.41) is 63.4. The fourth-order valence-electron chi connectivity index (χ4n) is 6.72. The molecule has 0 aliphatic heterocycles. The predicted molar refractivity (Wildman–Crippen MR) is 147 cm³/mol. The van der Waals surface area contributed by atoms with E-state index < -0.39 is 55.9 Å². The fraction of sp³-hybridized carbons (Fsp3) is 1.00. The monoisotopic (exact) mass is 516 g/mol. The lowest BCUT2D eigenvalue weighted by molar-refractivity contribution is -0.214. The Hall–Kier alpha value is -0.240. The number of hydrogen-bond donors (Lipinski definition) is 6. The summed E-state index contributed by atoms with van der Waals surface area (Å²) in [4.78, 5) is 0. The Morgan fingerprint density at radius 2 is 0.472 bits per heavy atom. The van der Waals surface area contributed by atoms with Crippen molar-refractivity contribution in [1.29, 1.82) is 0 Å². The molecule has 1 saturated carbocycles. The van der Waals surface area contributed by atoms with Crippen LogP contribution >= 0.6 is 0 Å². The van der Waals surface area contributed by atoms with Gasteiger partial charge < -0.3 is 30.6 Å². The van der Waals surface area contributed by atoms with Gasteiger partial charge in [0.05, 0.1) is 39.6 Å². The lowest BCUT2D eigenvalue weighted by atomic mass is 9.49. The summed E-state index contributed by atoms with van der Waals surface area (Å²) < 4.78 is 0. The lowest BCUT2D eigenvalue weighted by Gasteiger charge is -2.57. The van der Waals surface area contributed by atoms with Crippen LogP contribution in [0.4, 0.5) is 0 Å². The first-order chi connectivity index (χ1) is 17.6. The van der Waals surface area contributed by atoms with Crippen molar-refractivity contribution in [1.82, 2.24) is 0 Å². The first-order valence-electron chi connectivity index (χ1n) is 15.2. The van der Waals surface area contributed by atoms with Gasteiger partial charge >= 0.3 is 0 Å². The first kappa shape index (κ1) is 33.8. The molecule has 0 amide bonds. The minimum Gasteiger partial charge on any atom is -0.396 e. The van der Waals surface area contributed by atoms with Gasteiger partial charge in [-0.2, -0.15) is 0 Å². The molecule has 0 aromatic rings. The molecule has 0 aromatic heterocycles. The van der Waals surface area contributed by atoms with E-state index in [4.69, 9.17) is 0 Å². The third kappa shape index (κ3) is 9.50. The van der Waals surface area contributed by atoms with Crippen LogP contribution in [0.1, 0.15) is 135 Å². The quantitative estimate of drug-likeness (QED) is 0.292. The summed E-state index contributed by atoms with van der Waals surface area (Å²) in [6.07, 6.45) is 23.3. The van der Waals surface area contributed by atoms with Crippen molar-refractivity contribution in [2.75, 3.05) is 39.6 Å². The van der Waals surface area contributed by atoms with Crippen LogP contribution in [-0.2, 0) is 0 Å². The normalized spacial score (nSPS) is 24.5. The molecule has 0 atom stereocenters. The van der Waals surface area contributed by atoms with Crippen molar-refractivity contribution >= 4 is 0 Å². The molecule has 216 valence electrons. The fourth-order valence-corrected chi connectivity index (χ4v) is 6.72. The van der Waals surface area contributed by atoms with Gasteiger partial charge in [0.2, 0.25) is 0 Å². The first-order valence-corrected chi connectivity index (χ1v) is 15.2. The highest BCUT2D eigenvalue weighted by Crippen LogP contribution is 2.56. The molecule has 6 N–H and O–H groups in total. The summed E-state index contributed by atoms with van der Waals surface area (Å²) in [7, 11) is 0. The molecular formula is C30H60O6. The van der Waals surface area contributed by atoms with Crippen molar-refractivity contribution in [2.45, 2.75) is 135 Å². The van der Waals surface area contributed by atoms with Gasteiger partial charge in [-0.25, -0.2) is 0 Å². The molecule has 0 heterocycles. The Morgan fingerprint density at radius 3 is 0.639 bits per heavy atom. The van der Waals surface area contributed by atoms with E-state index in [-0.39, 0.29) is 0 Å². The maximum Gasteiger partial charge on any atom is 0.0523 e. The van der Waals surface area contributed by atoms with Crippen LogP contribution in [0.5, 0.6) is 0 Å². The zero-order chi connectivity index (χ0) is 26.6. The second kappa shape index (κ2) is 19.8. The van der Waals surface area contributed by atoms with Crippen molar-refractivity contribution in [3.63, 3.8) is 0 Å². The highest BCUT2D eigenvalue weighted by Gasteiger charge is 2.61. The Kier molecular flexibility index (Phi) is 18.6. The Morgan fingerprint density at radius 1 is 0.278 bits per heavy atom. The summed E-state index contributed by atoms with van der Waals surface area (Å²) in [5.74, 6) is 0. The molecule has 36 heavy (non-hydrogen) atoms. The van der Waals surface area contributed by atoms with Crippen LogP contribution in [0.3, 0.4) is 0 Å². The molecule has 0 aromatic carbocycles. The van der Waals surface area contributed by atoms with Crippen LogP contribution in [0, 0.1) is 16.2 Å². The van der Waals surface area contributed by atoms with Gasteiger partial charge in [0.25, 0.3) is 0 Å². The van der Waals surface area contributed by atoms with Crippen molar-refractivity contribution in [3.8, 4) is 0 Å². The minimum absolute atomic E-state index is 0.410. The standard InChI is InChI=1S/C30H60O6/c31-22-28(23-32)20-18-16-14-12-10-8-6-4-2-1-3-5-7-9-11-13-15-17-19-21-29(24-33,25-34)30(28,26-35)27-36/h31-36H,1-27H2. The maximum absolute atomic E-state index is 10.6. The number of rotatable bonds is 6. The van der Waals surface area contributed by atoms with Crippen LogP contribution in [0.25, 0.3) is 0 Å². The van der Waals surface area contributed by atoms with Gasteiger partial charge in [0.15, 0.2) is 0 Å². The Balaban J connectivity index is 2.97. The molecule has 1 aliphatic rings. The molecule has 0 saturated heterocycles. The molecule has 1 fully saturated rings. The summed E-state index contributed by atoms with van der Waals surface area (Å²) >= 11 is 0. The average Bonchev–Trinajstić information content (AvgIpc) is 2.91. The van der Waals surface area contributed by atoms with Crippen molar-refractivity contribution in [3.05, 3.63) is 0 Å². The minimum atomic E-state index is -1.39. The maximum atomic E-state index is 10.6. The molecule has 0 radical (unpaired) electrons. The smallest absolute Gasteiger partial charge is 0.0523 e. The van der Waals surface area contributed by atoms with E-state index in [9.17, 15) is 30.6 Å². The molecule has 0 bridgehead atoms. The second-order valence-corrected chi connectivity index (χ2v) is 11.8. The SMILES string of the molecule is OCC1(CO)CCCCCCCCCCCCCCCCCCCCCC(CO)(CO)C1(CO)CO. The topological polar surface area (TPSA) is 121 Å². The molecular weight excluding hydrogens is 456 g/mol. The van der Waals surface area contributed by atoms with Gasteiger partial charge in [-0.3, -0.25) is 0 Å². The van der Waals surface area contributed by atoms with E-state index >= 15 is 0 Å². The van der Waals surface area contributed by atoms with Gasteiger partial charge in [0, 0.05) is 16.2 Å². The van der Waals surface area contributed by atoms with E-state index in [1.807, 2.05) is 0 Å². The third-order valence-corrected chi connectivity index (χ3v) is 9.59. The third-order valence-electron chi connectivity index (χ3n) is 9.59. The molecule has 6 nitrogen and oxygen atoms in total. The van der Waals surface area contributed by atoms with Crippen molar-refractivity contribution in [2.24, 2.45) is 16.2 Å². The van der Waals surface area contributed by atoms with Gasteiger partial charge in [-0.05, 0) is 12.8 Å². The molecule has 6 heteroatoms. The highest BCUT2D eigenvalue weighted by atomic mass is 16.3. The van der Waals surface area contributed by atoms with Crippen LogP contribution in [0.15, 0.2) is 0 Å². The van der Waals surface area contributed by atoms with Crippen LogP contribution in [-0.4, -0.2) is 70.3 Å². The largest absolute Gasteiger partial charge is 0.396 e. The zero-order valence-electron chi connectivity index (χ0n) is 23.3. The van der Waals surface area contributed by atoms with E-state index in [0.717, 1.165) is 38.5 Å². The molecule has 0 unspecified atom stereocenters. The number of aliphatic hydroxyl groups is 6. The second-order valence-electron chi connectivity index (χ2n) is 11.8. The summed E-state index contributed by atoms with van der Waals surface area (Å²) in [6.45, 7) is -2.66. The van der Waals surface area contributed by atoms with E-state index in [2.05, 4.69) is 0 Å². The number of hydrogen-bond acceptors (Lipinski definition) is 6. The molecule has 1 aliphatic carbocycles. The van der Waals surface area contributed by atoms with E-state index in [0.29, 0.717) is 12.8 Å².